The highest BCUT2D eigenvalue weighted by molar-refractivity contribution is 5.83. The molecular weight excluding hydrogens is 142 g/mol. The predicted molar refractivity (Wildman–Crippen MR) is 45.5 cm³/mol. The summed E-state index contributed by atoms with van der Waals surface area (Å²) in [5.74, 6) is 0. The van der Waals surface area contributed by atoms with Gasteiger partial charge in [-0.15, -0.1) is 0 Å². The topological polar surface area (TPSA) is 58.7 Å². The van der Waals surface area contributed by atoms with Crippen LogP contribution in [0, 0.1) is 0 Å². The molecule has 0 fully saturated rings. The molecule has 0 radical (unpaired) electrons. The van der Waals surface area contributed by atoms with E-state index in [-0.39, 0.29) is 6.03 Å². The van der Waals surface area contributed by atoms with Crippen molar-refractivity contribution in [2.75, 3.05) is 13.1 Å². The van der Waals surface area contributed by atoms with E-state index in [2.05, 4.69) is 11.6 Å². The number of urea groups is 1. The lowest BCUT2D eigenvalue weighted by Gasteiger charge is -2.12. The molecule has 0 rings (SSSR count). The quantitative estimate of drug-likeness (QED) is 0.607. The number of aliphatic imine (C=N–C) groups is 1. The van der Waals surface area contributed by atoms with Crippen molar-refractivity contribution in [1.82, 2.24) is 4.90 Å². The van der Waals surface area contributed by atoms with Crippen LogP contribution in [0.4, 0.5) is 4.79 Å². The van der Waals surface area contributed by atoms with Crippen molar-refractivity contribution in [3.05, 3.63) is 12.8 Å². The Balaban J connectivity index is 4.02. The maximum atomic E-state index is 11.0. The Morgan fingerprint density at radius 3 is 2.82 bits per heavy atom. The van der Waals surface area contributed by atoms with Crippen LogP contribution in [-0.2, 0) is 0 Å². The molecule has 0 spiro atoms. The Morgan fingerprint density at radius 2 is 2.45 bits per heavy atom. The molecular formula is C7H13N3O. The minimum absolute atomic E-state index is 0.326. The average Bonchev–Trinajstić information content (AvgIpc) is 2.00. The largest absolute Gasteiger partial charge is 0.347 e. The third-order valence-electron chi connectivity index (χ3n) is 1.08. The maximum Gasteiger partial charge on any atom is 0.347 e. The van der Waals surface area contributed by atoms with E-state index in [1.165, 1.54) is 17.3 Å². The molecule has 0 heterocycles. The van der Waals surface area contributed by atoms with E-state index >= 15 is 0 Å². The monoisotopic (exact) mass is 155 g/mol. The van der Waals surface area contributed by atoms with E-state index in [1.54, 1.807) is 6.92 Å². The molecule has 4 heteroatoms. The number of nitrogens with zero attached hydrogens (tertiary/aromatic N) is 2. The molecule has 0 aliphatic carbocycles. The molecule has 0 saturated carbocycles. The first-order valence-electron chi connectivity index (χ1n) is 3.38. The standard InChI is InChI=1S/C7H13N3O/c1-3-9-7(11)10(4-2)6-5-8/h3-4H,2,5-6,8H2,1H3. The SMILES string of the molecule is C=CN(CCN)C(=O)N=CC. The molecule has 0 saturated heterocycles. The first kappa shape index (κ1) is 9.84. The van der Waals surface area contributed by atoms with Gasteiger partial charge >= 0.3 is 6.03 Å². The van der Waals surface area contributed by atoms with E-state index in [0.717, 1.165) is 0 Å². The van der Waals surface area contributed by atoms with Crippen LogP contribution in [0.3, 0.4) is 0 Å². The van der Waals surface area contributed by atoms with Crippen LogP contribution >= 0.6 is 0 Å². The van der Waals surface area contributed by atoms with Gasteiger partial charge in [0.25, 0.3) is 0 Å². The van der Waals surface area contributed by atoms with E-state index in [1.807, 2.05) is 0 Å². The molecule has 0 unspecified atom stereocenters. The molecule has 62 valence electrons. The van der Waals surface area contributed by atoms with Gasteiger partial charge in [0.1, 0.15) is 0 Å². The third kappa shape index (κ3) is 3.52. The van der Waals surface area contributed by atoms with E-state index < -0.39 is 0 Å². The Kier molecular flexibility index (Phi) is 5.02. The van der Waals surface area contributed by atoms with Crippen LogP contribution in [0.5, 0.6) is 0 Å². The maximum absolute atomic E-state index is 11.0. The summed E-state index contributed by atoms with van der Waals surface area (Å²) >= 11 is 0. The summed E-state index contributed by atoms with van der Waals surface area (Å²) in [6.07, 6.45) is 2.86. The van der Waals surface area contributed by atoms with Crippen molar-refractivity contribution < 1.29 is 4.79 Å². The highest BCUT2D eigenvalue weighted by Gasteiger charge is 2.04. The first-order valence-corrected chi connectivity index (χ1v) is 3.38. The fourth-order valence-electron chi connectivity index (χ4n) is 0.589. The summed E-state index contributed by atoms with van der Waals surface area (Å²) in [7, 11) is 0. The van der Waals surface area contributed by atoms with Gasteiger partial charge in [0.15, 0.2) is 0 Å². The molecule has 2 N–H and O–H groups in total. The van der Waals surface area contributed by atoms with Crippen LogP contribution in [0.25, 0.3) is 0 Å². The number of carbonyl (C=O) groups is 1. The summed E-state index contributed by atoms with van der Waals surface area (Å²) in [4.78, 5) is 15.9. The molecule has 0 aliphatic heterocycles. The van der Waals surface area contributed by atoms with Gasteiger partial charge in [-0.2, -0.15) is 0 Å². The first-order chi connectivity index (χ1) is 5.26. The molecule has 0 aromatic carbocycles. The summed E-state index contributed by atoms with van der Waals surface area (Å²) in [6, 6.07) is -0.326. The van der Waals surface area contributed by atoms with Gasteiger partial charge < -0.3 is 5.73 Å². The van der Waals surface area contributed by atoms with Gasteiger partial charge in [0.05, 0.1) is 0 Å². The van der Waals surface area contributed by atoms with Crippen LogP contribution in [0.15, 0.2) is 17.8 Å². The van der Waals surface area contributed by atoms with Gasteiger partial charge in [-0.3, -0.25) is 4.90 Å². The fraction of sp³-hybridized carbons (Fsp3) is 0.429. The molecule has 0 atom stereocenters. The normalized spacial score (nSPS) is 10.0. The zero-order chi connectivity index (χ0) is 8.69. The molecule has 0 aromatic heterocycles. The number of amides is 2. The number of carbonyl (C=O) groups excluding carboxylic acids is 1. The second-order valence-corrected chi connectivity index (χ2v) is 1.83. The minimum Gasteiger partial charge on any atom is -0.329 e. The van der Waals surface area contributed by atoms with Gasteiger partial charge in [0, 0.05) is 25.5 Å². The van der Waals surface area contributed by atoms with Gasteiger partial charge in [-0.05, 0) is 6.92 Å². The van der Waals surface area contributed by atoms with E-state index in [0.29, 0.717) is 13.1 Å². The number of rotatable bonds is 3. The predicted octanol–water partition coefficient (Wildman–Crippen LogP) is 0.601. The summed E-state index contributed by atoms with van der Waals surface area (Å²) < 4.78 is 0. The average molecular weight is 155 g/mol. The lowest BCUT2D eigenvalue weighted by atomic mass is 10.5. The van der Waals surface area contributed by atoms with Gasteiger partial charge in [0.2, 0.25) is 0 Å². The lowest BCUT2D eigenvalue weighted by molar-refractivity contribution is 0.226. The van der Waals surface area contributed by atoms with Crippen LogP contribution in [0.1, 0.15) is 6.92 Å². The van der Waals surface area contributed by atoms with Crippen molar-refractivity contribution in [1.29, 1.82) is 0 Å². The van der Waals surface area contributed by atoms with Crippen LogP contribution in [0.2, 0.25) is 0 Å². The highest BCUT2D eigenvalue weighted by Crippen LogP contribution is 1.91. The van der Waals surface area contributed by atoms with Crippen molar-refractivity contribution in [3.63, 3.8) is 0 Å². The molecule has 2 amide bonds. The smallest absolute Gasteiger partial charge is 0.329 e. The zero-order valence-electron chi connectivity index (χ0n) is 6.66. The fourth-order valence-corrected chi connectivity index (χ4v) is 0.589. The Hall–Kier alpha value is -1.16. The lowest BCUT2D eigenvalue weighted by Crippen LogP contribution is -2.28. The second-order valence-electron chi connectivity index (χ2n) is 1.83. The van der Waals surface area contributed by atoms with Crippen molar-refractivity contribution in [2.45, 2.75) is 6.92 Å². The molecule has 0 aliphatic rings. The Bertz CT molecular complexity index is 165. The Labute approximate surface area is 66.4 Å². The molecule has 0 aromatic rings. The van der Waals surface area contributed by atoms with E-state index in [4.69, 9.17) is 5.73 Å². The van der Waals surface area contributed by atoms with Crippen molar-refractivity contribution >= 4 is 12.2 Å². The number of nitrogens with two attached hydrogens (primary N) is 1. The summed E-state index contributed by atoms with van der Waals surface area (Å²) in [6.45, 7) is 6.01. The van der Waals surface area contributed by atoms with Gasteiger partial charge in [-0.1, -0.05) is 6.58 Å². The van der Waals surface area contributed by atoms with E-state index in [9.17, 15) is 4.79 Å². The summed E-state index contributed by atoms with van der Waals surface area (Å²) in [5, 5.41) is 0. The molecule has 4 nitrogen and oxygen atoms in total. The third-order valence-corrected chi connectivity index (χ3v) is 1.08. The molecule has 11 heavy (non-hydrogen) atoms. The minimum atomic E-state index is -0.326. The number of hydrogen-bond acceptors (Lipinski definition) is 2. The number of hydrogen-bond donors (Lipinski definition) is 1. The van der Waals surface area contributed by atoms with Crippen LogP contribution < -0.4 is 5.73 Å². The second kappa shape index (κ2) is 5.61. The highest BCUT2D eigenvalue weighted by atomic mass is 16.2. The zero-order valence-corrected chi connectivity index (χ0v) is 6.66. The summed E-state index contributed by atoms with van der Waals surface area (Å²) in [5.41, 5.74) is 5.25. The van der Waals surface area contributed by atoms with Gasteiger partial charge in [-0.25, -0.2) is 9.79 Å². The van der Waals surface area contributed by atoms with Crippen molar-refractivity contribution in [3.8, 4) is 0 Å². The van der Waals surface area contributed by atoms with Crippen molar-refractivity contribution in [2.24, 2.45) is 10.7 Å². The van der Waals surface area contributed by atoms with Crippen LogP contribution in [-0.4, -0.2) is 30.2 Å². The Morgan fingerprint density at radius 1 is 1.82 bits per heavy atom. The molecule has 0 bridgehead atoms.